The van der Waals surface area contributed by atoms with E-state index in [0.29, 0.717) is 0 Å². The third-order valence-corrected chi connectivity index (χ3v) is 2.82. The minimum absolute atomic E-state index is 0.737. The summed E-state index contributed by atoms with van der Waals surface area (Å²) in [6.45, 7) is 11.9. The molecule has 84 valence electrons. The fraction of sp³-hybridized carbons (Fsp3) is 1.00. The number of nitrogens with zero attached hydrogens (tertiary/aromatic N) is 1. The molecule has 1 heterocycles. The summed E-state index contributed by atoms with van der Waals surface area (Å²) < 4.78 is 0. The van der Waals surface area contributed by atoms with Gasteiger partial charge in [-0.1, -0.05) is 27.2 Å². The molecule has 0 aromatic carbocycles. The van der Waals surface area contributed by atoms with Gasteiger partial charge in [0.05, 0.1) is 0 Å². The van der Waals surface area contributed by atoms with Crippen LogP contribution in [-0.2, 0) is 0 Å². The van der Waals surface area contributed by atoms with Gasteiger partial charge in [0.15, 0.2) is 0 Å². The maximum Gasteiger partial charge on any atom is 0.0194 e. The van der Waals surface area contributed by atoms with Crippen LogP contribution in [0.25, 0.3) is 0 Å². The highest BCUT2D eigenvalue weighted by Crippen LogP contribution is 2.07. The summed E-state index contributed by atoms with van der Waals surface area (Å²) in [5.74, 6) is 0.801. The van der Waals surface area contributed by atoms with E-state index in [-0.39, 0.29) is 0 Å². The molecule has 0 radical (unpaired) electrons. The monoisotopic (exact) mass is 198 g/mol. The summed E-state index contributed by atoms with van der Waals surface area (Å²) in [7, 11) is 0. The van der Waals surface area contributed by atoms with Gasteiger partial charge in [0.1, 0.15) is 0 Å². The van der Waals surface area contributed by atoms with Crippen LogP contribution in [0, 0.1) is 5.92 Å². The molecule has 1 aliphatic rings. The van der Waals surface area contributed by atoms with Gasteiger partial charge in [0.25, 0.3) is 0 Å². The highest BCUT2D eigenvalue weighted by atomic mass is 15.2. The number of hydrogen-bond acceptors (Lipinski definition) is 2. The van der Waals surface area contributed by atoms with Gasteiger partial charge in [-0.3, -0.25) is 0 Å². The molecule has 1 fully saturated rings. The Balaban J connectivity index is 2.34. The van der Waals surface area contributed by atoms with Crippen LogP contribution in [0.15, 0.2) is 0 Å². The first-order valence-corrected chi connectivity index (χ1v) is 6.18. The van der Waals surface area contributed by atoms with E-state index in [1.54, 1.807) is 0 Å². The van der Waals surface area contributed by atoms with Gasteiger partial charge < -0.3 is 10.2 Å². The molecule has 1 aliphatic heterocycles. The molecular formula is C12H26N2. The molecular weight excluding hydrogens is 172 g/mol. The zero-order valence-electron chi connectivity index (χ0n) is 10.1. The van der Waals surface area contributed by atoms with E-state index >= 15 is 0 Å². The van der Waals surface area contributed by atoms with Crippen molar-refractivity contribution >= 4 is 0 Å². The second kappa shape index (κ2) is 6.41. The van der Waals surface area contributed by atoms with Gasteiger partial charge >= 0.3 is 0 Å². The molecule has 1 atom stereocenters. The molecule has 1 unspecified atom stereocenters. The topological polar surface area (TPSA) is 15.3 Å². The van der Waals surface area contributed by atoms with Crippen LogP contribution < -0.4 is 5.32 Å². The average Bonchev–Trinajstić information content (AvgIpc) is 2.30. The second-order valence-electron chi connectivity index (χ2n) is 4.95. The number of nitrogens with one attached hydrogen (secondary N) is 1. The van der Waals surface area contributed by atoms with E-state index in [0.717, 1.165) is 12.0 Å². The summed E-state index contributed by atoms with van der Waals surface area (Å²) in [6, 6.07) is 0.737. The van der Waals surface area contributed by atoms with Crippen molar-refractivity contribution in [2.24, 2.45) is 5.92 Å². The molecule has 2 heteroatoms. The predicted octanol–water partition coefficient (Wildman–Crippen LogP) is 2.11. The molecule has 0 aromatic heterocycles. The Morgan fingerprint density at radius 1 is 1.43 bits per heavy atom. The minimum atomic E-state index is 0.737. The predicted molar refractivity (Wildman–Crippen MR) is 62.6 cm³/mol. The normalized spacial score (nSPS) is 25.3. The lowest BCUT2D eigenvalue weighted by Gasteiger charge is -2.25. The van der Waals surface area contributed by atoms with Gasteiger partial charge in [0, 0.05) is 19.1 Å². The van der Waals surface area contributed by atoms with Crippen molar-refractivity contribution in [2.75, 3.05) is 26.2 Å². The second-order valence-corrected chi connectivity index (χ2v) is 4.95. The Morgan fingerprint density at radius 2 is 2.21 bits per heavy atom. The first kappa shape index (κ1) is 12.0. The smallest absolute Gasteiger partial charge is 0.0194 e. The Labute approximate surface area is 89.1 Å². The van der Waals surface area contributed by atoms with Gasteiger partial charge in [-0.15, -0.1) is 0 Å². The molecule has 2 nitrogen and oxygen atoms in total. The summed E-state index contributed by atoms with van der Waals surface area (Å²) in [5, 5.41) is 3.64. The zero-order chi connectivity index (χ0) is 10.4. The van der Waals surface area contributed by atoms with Crippen molar-refractivity contribution in [1.82, 2.24) is 10.2 Å². The van der Waals surface area contributed by atoms with Crippen LogP contribution in [0.1, 0.15) is 40.0 Å². The Kier molecular flexibility index (Phi) is 5.49. The van der Waals surface area contributed by atoms with Gasteiger partial charge in [-0.2, -0.15) is 0 Å². The molecule has 0 amide bonds. The van der Waals surface area contributed by atoms with Crippen molar-refractivity contribution in [3.8, 4) is 0 Å². The standard InChI is InChI=1S/C12H26N2/c1-4-6-12-10-14(9-11(2)3)8-5-7-13-12/h11-13H,4-10H2,1-3H3. The lowest BCUT2D eigenvalue weighted by atomic mass is 10.1. The van der Waals surface area contributed by atoms with Crippen molar-refractivity contribution < 1.29 is 0 Å². The Bertz CT molecular complexity index is 145. The molecule has 14 heavy (non-hydrogen) atoms. The molecule has 0 aromatic rings. The first-order chi connectivity index (χ1) is 6.72. The van der Waals surface area contributed by atoms with Gasteiger partial charge in [-0.25, -0.2) is 0 Å². The molecule has 0 bridgehead atoms. The average molecular weight is 198 g/mol. The fourth-order valence-electron chi connectivity index (χ4n) is 2.30. The van der Waals surface area contributed by atoms with Crippen molar-refractivity contribution in [3.63, 3.8) is 0 Å². The van der Waals surface area contributed by atoms with Crippen LogP contribution in [0.4, 0.5) is 0 Å². The van der Waals surface area contributed by atoms with E-state index in [1.165, 1.54) is 45.4 Å². The molecule has 0 spiro atoms. The summed E-state index contributed by atoms with van der Waals surface area (Å²) in [4.78, 5) is 2.63. The fourth-order valence-corrected chi connectivity index (χ4v) is 2.30. The highest BCUT2D eigenvalue weighted by Gasteiger charge is 2.16. The van der Waals surface area contributed by atoms with Crippen LogP contribution in [0.3, 0.4) is 0 Å². The lowest BCUT2D eigenvalue weighted by molar-refractivity contribution is 0.236. The SMILES string of the molecule is CCCC1CN(CC(C)C)CCCN1. The summed E-state index contributed by atoms with van der Waals surface area (Å²) >= 11 is 0. The maximum atomic E-state index is 3.64. The van der Waals surface area contributed by atoms with Crippen LogP contribution in [-0.4, -0.2) is 37.1 Å². The Morgan fingerprint density at radius 3 is 2.86 bits per heavy atom. The summed E-state index contributed by atoms with van der Waals surface area (Å²) in [6.07, 6.45) is 3.94. The van der Waals surface area contributed by atoms with Crippen molar-refractivity contribution in [3.05, 3.63) is 0 Å². The molecule has 0 saturated carbocycles. The molecule has 1 saturated heterocycles. The van der Waals surface area contributed by atoms with Crippen LogP contribution in [0.2, 0.25) is 0 Å². The largest absolute Gasteiger partial charge is 0.313 e. The molecule has 1 N–H and O–H groups in total. The third-order valence-electron chi connectivity index (χ3n) is 2.82. The minimum Gasteiger partial charge on any atom is -0.313 e. The lowest BCUT2D eigenvalue weighted by Crippen LogP contribution is -2.38. The van der Waals surface area contributed by atoms with Gasteiger partial charge in [0.2, 0.25) is 0 Å². The quantitative estimate of drug-likeness (QED) is 0.744. The highest BCUT2D eigenvalue weighted by molar-refractivity contribution is 4.76. The Hall–Kier alpha value is -0.0800. The van der Waals surface area contributed by atoms with E-state index in [9.17, 15) is 0 Å². The number of rotatable bonds is 4. The van der Waals surface area contributed by atoms with Crippen LogP contribution >= 0.6 is 0 Å². The van der Waals surface area contributed by atoms with Gasteiger partial charge in [-0.05, 0) is 31.8 Å². The van der Waals surface area contributed by atoms with E-state index in [2.05, 4.69) is 31.0 Å². The van der Waals surface area contributed by atoms with E-state index in [1.807, 2.05) is 0 Å². The number of hydrogen-bond donors (Lipinski definition) is 1. The van der Waals surface area contributed by atoms with E-state index in [4.69, 9.17) is 0 Å². The van der Waals surface area contributed by atoms with Crippen LogP contribution in [0.5, 0.6) is 0 Å². The maximum absolute atomic E-state index is 3.64. The molecule has 0 aliphatic carbocycles. The third kappa shape index (κ3) is 4.43. The van der Waals surface area contributed by atoms with E-state index < -0.39 is 0 Å². The zero-order valence-corrected chi connectivity index (χ0v) is 10.1. The molecule has 1 rings (SSSR count). The van der Waals surface area contributed by atoms with Crippen molar-refractivity contribution in [1.29, 1.82) is 0 Å². The first-order valence-electron chi connectivity index (χ1n) is 6.18. The van der Waals surface area contributed by atoms with Crippen molar-refractivity contribution in [2.45, 2.75) is 46.1 Å². The summed E-state index contributed by atoms with van der Waals surface area (Å²) in [5.41, 5.74) is 0.